The van der Waals surface area contributed by atoms with Crippen molar-refractivity contribution in [2.75, 3.05) is 19.8 Å². The van der Waals surface area contributed by atoms with E-state index >= 15 is 0 Å². The maximum absolute atomic E-state index is 13.8. The van der Waals surface area contributed by atoms with Gasteiger partial charge in [-0.1, -0.05) is 73.5 Å². The number of rotatable bonds is 12. The van der Waals surface area contributed by atoms with Crippen LogP contribution in [0.4, 0.5) is 0 Å². The molecule has 0 spiro atoms. The largest absolute Gasteiger partial charge is 0.486 e. The standard InChI is InChI=1S/C31H35ClN2O4/c1-2-3-17-33-31(36)27(20-23-7-5-4-6-8-23)34(22-25-9-13-26(32)14-10-25)30(35)16-12-24-11-15-28-29(21-24)38-19-18-37-28/h4-11,13-15,21,27H,2-3,12,16-20,22H2,1H3,(H,33,36). The number of fused-ring (bicyclic) bond motifs is 1. The summed E-state index contributed by atoms with van der Waals surface area (Å²) in [6, 6.07) is 22.4. The molecule has 0 saturated carbocycles. The molecular formula is C31H35ClN2O4. The van der Waals surface area contributed by atoms with Gasteiger partial charge in [0, 0.05) is 31.0 Å². The number of ether oxygens (including phenoxy) is 2. The number of hydrogen-bond donors (Lipinski definition) is 1. The molecule has 1 aliphatic rings. The van der Waals surface area contributed by atoms with Crippen molar-refractivity contribution < 1.29 is 19.1 Å². The van der Waals surface area contributed by atoms with Gasteiger partial charge in [-0.25, -0.2) is 0 Å². The first-order valence-electron chi connectivity index (χ1n) is 13.3. The van der Waals surface area contributed by atoms with Crippen LogP contribution in [-0.2, 0) is 29.0 Å². The third kappa shape index (κ3) is 7.75. The van der Waals surface area contributed by atoms with Gasteiger partial charge in [-0.05, 0) is 53.8 Å². The number of unbranched alkanes of at least 4 members (excludes halogenated alkanes) is 1. The fourth-order valence-corrected chi connectivity index (χ4v) is 4.61. The van der Waals surface area contributed by atoms with Crippen molar-refractivity contribution in [2.45, 2.75) is 51.6 Å². The minimum absolute atomic E-state index is 0.0820. The van der Waals surface area contributed by atoms with Crippen molar-refractivity contribution in [3.05, 3.63) is 94.5 Å². The number of carbonyl (C=O) groups is 2. The predicted octanol–water partition coefficient (Wildman–Crippen LogP) is 5.60. The Bertz CT molecular complexity index is 1200. The number of nitrogens with one attached hydrogen (secondary N) is 1. The lowest BCUT2D eigenvalue weighted by Crippen LogP contribution is -2.50. The molecule has 1 N–H and O–H groups in total. The van der Waals surface area contributed by atoms with Gasteiger partial charge >= 0.3 is 0 Å². The van der Waals surface area contributed by atoms with Gasteiger partial charge in [-0.3, -0.25) is 9.59 Å². The van der Waals surface area contributed by atoms with E-state index in [9.17, 15) is 9.59 Å². The zero-order valence-corrected chi connectivity index (χ0v) is 22.6. The van der Waals surface area contributed by atoms with E-state index in [0.29, 0.717) is 49.9 Å². The Morgan fingerprint density at radius 1 is 0.921 bits per heavy atom. The van der Waals surface area contributed by atoms with E-state index in [-0.39, 0.29) is 18.2 Å². The van der Waals surface area contributed by atoms with Crippen LogP contribution in [0.1, 0.15) is 42.9 Å². The van der Waals surface area contributed by atoms with Crippen molar-refractivity contribution in [1.82, 2.24) is 10.2 Å². The molecule has 1 aliphatic heterocycles. The average molecular weight is 535 g/mol. The topological polar surface area (TPSA) is 67.9 Å². The quantitative estimate of drug-likeness (QED) is 0.307. The number of aryl methyl sites for hydroxylation is 1. The summed E-state index contributed by atoms with van der Waals surface area (Å²) >= 11 is 6.11. The zero-order chi connectivity index (χ0) is 26.7. The van der Waals surface area contributed by atoms with Crippen LogP contribution in [0.3, 0.4) is 0 Å². The molecule has 200 valence electrons. The molecule has 3 aromatic rings. The van der Waals surface area contributed by atoms with E-state index in [2.05, 4.69) is 12.2 Å². The first kappa shape index (κ1) is 27.5. The highest BCUT2D eigenvalue weighted by Gasteiger charge is 2.30. The van der Waals surface area contributed by atoms with Crippen LogP contribution in [0.2, 0.25) is 5.02 Å². The van der Waals surface area contributed by atoms with Gasteiger partial charge in [0.1, 0.15) is 19.3 Å². The Labute approximate surface area is 229 Å². The second-order valence-electron chi connectivity index (χ2n) is 9.48. The van der Waals surface area contributed by atoms with Gasteiger partial charge in [0.05, 0.1) is 0 Å². The third-order valence-electron chi connectivity index (χ3n) is 6.60. The van der Waals surface area contributed by atoms with Gasteiger partial charge in [-0.2, -0.15) is 0 Å². The molecule has 1 atom stereocenters. The van der Waals surface area contributed by atoms with E-state index in [0.717, 1.165) is 35.3 Å². The summed E-state index contributed by atoms with van der Waals surface area (Å²) in [5.41, 5.74) is 2.91. The fourth-order valence-electron chi connectivity index (χ4n) is 4.48. The van der Waals surface area contributed by atoms with Gasteiger partial charge in [0.2, 0.25) is 11.8 Å². The molecule has 6 nitrogen and oxygen atoms in total. The smallest absolute Gasteiger partial charge is 0.243 e. The number of benzene rings is 3. The van der Waals surface area contributed by atoms with E-state index in [1.54, 1.807) is 4.90 Å². The average Bonchev–Trinajstić information content (AvgIpc) is 2.95. The normalized spacial score (nSPS) is 13.0. The van der Waals surface area contributed by atoms with Gasteiger partial charge in [0.15, 0.2) is 11.5 Å². The number of halogens is 1. The second kappa shape index (κ2) is 13.9. The summed E-state index contributed by atoms with van der Waals surface area (Å²) in [5.74, 6) is 1.21. The summed E-state index contributed by atoms with van der Waals surface area (Å²) in [7, 11) is 0. The predicted molar refractivity (Wildman–Crippen MR) is 150 cm³/mol. The highest BCUT2D eigenvalue weighted by molar-refractivity contribution is 6.30. The zero-order valence-electron chi connectivity index (χ0n) is 21.8. The molecule has 0 radical (unpaired) electrons. The summed E-state index contributed by atoms with van der Waals surface area (Å²) < 4.78 is 11.3. The summed E-state index contributed by atoms with van der Waals surface area (Å²) in [5, 5.41) is 3.69. The number of nitrogens with zero attached hydrogens (tertiary/aromatic N) is 1. The Morgan fingerprint density at radius 2 is 1.63 bits per heavy atom. The maximum Gasteiger partial charge on any atom is 0.243 e. The molecule has 0 bridgehead atoms. The Balaban J connectivity index is 1.57. The third-order valence-corrected chi connectivity index (χ3v) is 6.85. The van der Waals surface area contributed by atoms with Gasteiger partial charge in [0.25, 0.3) is 0 Å². The van der Waals surface area contributed by atoms with E-state index in [1.807, 2.05) is 72.8 Å². The minimum Gasteiger partial charge on any atom is -0.486 e. The molecule has 0 fully saturated rings. The van der Waals surface area contributed by atoms with E-state index < -0.39 is 6.04 Å². The van der Waals surface area contributed by atoms with Crippen molar-refractivity contribution in [3.8, 4) is 11.5 Å². The monoisotopic (exact) mass is 534 g/mol. The first-order valence-corrected chi connectivity index (χ1v) is 13.7. The van der Waals surface area contributed by atoms with Crippen LogP contribution < -0.4 is 14.8 Å². The number of amides is 2. The van der Waals surface area contributed by atoms with Gasteiger partial charge in [-0.15, -0.1) is 0 Å². The molecule has 1 unspecified atom stereocenters. The molecule has 1 heterocycles. The van der Waals surface area contributed by atoms with E-state index in [1.165, 1.54) is 0 Å². The molecule has 0 aromatic heterocycles. The molecule has 0 aliphatic carbocycles. The fraction of sp³-hybridized carbons (Fsp3) is 0.355. The first-order chi connectivity index (χ1) is 18.5. The molecule has 0 saturated heterocycles. The van der Waals surface area contributed by atoms with E-state index in [4.69, 9.17) is 21.1 Å². The molecule has 38 heavy (non-hydrogen) atoms. The van der Waals surface area contributed by atoms with Crippen LogP contribution in [0.5, 0.6) is 11.5 Å². The Hall–Kier alpha value is -3.51. The highest BCUT2D eigenvalue weighted by atomic mass is 35.5. The lowest BCUT2D eigenvalue weighted by Gasteiger charge is -2.32. The molecule has 4 rings (SSSR count). The SMILES string of the molecule is CCCCNC(=O)C(Cc1ccccc1)N(Cc1ccc(Cl)cc1)C(=O)CCc1ccc2c(c1)OCCO2. The van der Waals surface area contributed by atoms with Crippen LogP contribution in [0, 0.1) is 0 Å². The Morgan fingerprint density at radius 3 is 2.37 bits per heavy atom. The molecule has 2 amide bonds. The number of carbonyl (C=O) groups excluding carboxylic acids is 2. The summed E-state index contributed by atoms with van der Waals surface area (Å²) in [6.45, 7) is 4.03. The van der Waals surface area contributed by atoms with Crippen molar-refractivity contribution in [3.63, 3.8) is 0 Å². The second-order valence-corrected chi connectivity index (χ2v) is 9.91. The Kier molecular flexibility index (Phi) is 10.0. The minimum atomic E-state index is -0.641. The molecule has 7 heteroatoms. The van der Waals surface area contributed by atoms with Crippen molar-refractivity contribution >= 4 is 23.4 Å². The van der Waals surface area contributed by atoms with Crippen LogP contribution in [0.15, 0.2) is 72.8 Å². The van der Waals surface area contributed by atoms with Crippen molar-refractivity contribution in [2.24, 2.45) is 0 Å². The maximum atomic E-state index is 13.8. The lowest BCUT2D eigenvalue weighted by molar-refractivity contribution is -0.141. The van der Waals surface area contributed by atoms with Crippen molar-refractivity contribution in [1.29, 1.82) is 0 Å². The van der Waals surface area contributed by atoms with Gasteiger partial charge < -0.3 is 19.7 Å². The summed E-state index contributed by atoms with van der Waals surface area (Å²) in [4.78, 5) is 29.0. The molecule has 3 aromatic carbocycles. The highest BCUT2D eigenvalue weighted by Crippen LogP contribution is 2.31. The van der Waals surface area contributed by atoms with Crippen LogP contribution in [0.25, 0.3) is 0 Å². The number of hydrogen-bond acceptors (Lipinski definition) is 4. The van der Waals surface area contributed by atoms with Crippen LogP contribution in [-0.4, -0.2) is 42.5 Å². The lowest BCUT2D eigenvalue weighted by atomic mass is 10.0. The summed E-state index contributed by atoms with van der Waals surface area (Å²) in [6.07, 6.45) is 3.09. The molecular weight excluding hydrogens is 500 g/mol. The van der Waals surface area contributed by atoms with Crippen LogP contribution >= 0.6 is 11.6 Å².